The van der Waals surface area contributed by atoms with Gasteiger partial charge in [-0.3, -0.25) is 4.79 Å². The lowest BCUT2D eigenvalue weighted by atomic mass is 9.95. The van der Waals surface area contributed by atoms with Gasteiger partial charge in [-0.15, -0.1) is 0 Å². The van der Waals surface area contributed by atoms with Crippen molar-refractivity contribution in [2.45, 2.75) is 61.9 Å². The second kappa shape index (κ2) is 7.58. The van der Waals surface area contributed by atoms with E-state index in [2.05, 4.69) is 21.9 Å². The molecule has 7 heteroatoms. The maximum atomic E-state index is 12.4. The normalized spacial score (nSPS) is 18.6. The van der Waals surface area contributed by atoms with E-state index in [1.165, 1.54) is 31.4 Å². The zero-order valence-corrected chi connectivity index (χ0v) is 15.1. The first-order valence-electron chi connectivity index (χ1n) is 8.84. The van der Waals surface area contributed by atoms with Crippen LogP contribution < -0.4 is 15.4 Å². The number of hydrogen-bond acceptors (Lipinski definition) is 4. The van der Waals surface area contributed by atoms with Gasteiger partial charge in [0.15, 0.2) is 0 Å². The van der Waals surface area contributed by atoms with E-state index in [0.717, 1.165) is 31.4 Å². The van der Waals surface area contributed by atoms with Crippen molar-refractivity contribution >= 4 is 27.3 Å². The number of carbonyl (C=O) groups is 1. The van der Waals surface area contributed by atoms with Gasteiger partial charge in [0.25, 0.3) is 0 Å². The third-order valence-electron chi connectivity index (χ3n) is 4.61. The summed E-state index contributed by atoms with van der Waals surface area (Å²) in [6.07, 6.45) is 8.71. The number of sulfonamides is 1. The first-order valence-corrected chi connectivity index (χ1v) is 10.3. The smallest absolute Gasteiger partial charge is 0.247 e. The quantitative estimate of drug-likeness (QED) is 0.650. The monoisotopic (exact) mass is 363 g/mol. The van der Waals surface area contributed by atoms with E-state index in [4.69, 9.17) is 0 Å². The lowest BCUT2D eigenvalue weighted by Crippen LogP contribution is -2.26. The highest BCUT2D eigenvalue weighted by Crippen LogP contribution is 2.30. The zero-order chi connectivity index (χ0) is 17.9. The lowest BCUT2D eigenvalue weighted by molar-refractivity contribution is -0.111. The minimum Gasteiger partial charge on any atom is -0.381 e. The Morgan fingerprint density at radius 2 is 1.76 bits per heavy atom. The maximum absolute atomic E-state index is 12.4. The van der Waals surface area contributed by atoms with E-state index >= 15 is 0 Å². The van der Waals surface area contributed by atoms with Crippen LogP contribution in [0.25, 0.3) is 0 Å². The second-order valence-electron chi connectivity index (χ2n) is 6.78. The van der Waals surface area contributed by atoms with E-state index in [1.54, 1.807) is 12.1 Å². The SMILES string of the molecule is C=CC(=O)Nc1cc(S(=O)(=O)NC2CC2)ccc1NC1CCCCC1. The Labute approximate surface area is 149 Å². The Bertz CT molecular complexity index is 751. The molecule has 3 rings (SSSR count). The number of hydrogen-bond donors (Lipinski definition) is 3. The van der Waals surface area contributed by atoms with Crippen molar-refractivity contribution in [2.75, 3.05) is 10.6 Å². The molecule has 25 heavy (non-hydrogen) atoms. The van der Waals surface area contributed by atoms with Crippen molar-refractivity contribution in [3.63, 3.8) is 0 Å². The molecule has 1 aromatic carbocycles. The minimum atomic E-state index is -3.57. The van der Waals surface area contributed by atoms with Gasteiger partial charge in [-0.1, -0.05) is 25.8 Å². The first kappa shape index (κ1) is 17.9. The van der Waals surface area contributed by atoms with Gasteiger partial charge >= 0.3 is 0 Å². The molecule has 2 saturated carbocycles. The lowest BCUT2D eigenvalue weighted by Gasteiger charge is -2.25. The molecule has 2 fully saturated rings. The number of amides is 1. The van der Waals surface area contributed by atoms with Crippen LogP contribution in [-0.4, -0.2) is 26.4 Å². The van der Waals surface area contributed by atoms with Crippen LogP contribution in [0, 0.1) is 0 Å². The van der Waals surface area contributed by atoms with E-state index in [0.29, 0.717) is 11.7 Å². The molecule has 1 amide bonds. The molecule has 3 N–H and O–H groups in total. The Kier molecular flexibility index (Phi) is 5.44. The van der Waals surface area contributed by atoms with E-state index in [9.17, 15) is 13.2 Å². The summed E-state index contributed by atoms with van der Waals surface area (Å²) in [7, 11) is -3.57. The highest BCUT2D eigenvalue weighted by atomic mass is 32.2. The molecule has 0 atom stereocenters. The minimum absolute atomic E-state index is 0.0382. The van der Waals surface area contributed by atoms with Crippen molar-refractivity contribution in [3.8, 4) is 0 Å². The summed E-state index contributed by atoms with van der Waals surface area (Å²) in [6.45, 7) is 3.46. The molecule has 1 aromatic rings. The summed E-state index contributed by atoms with van der Waals surface area (Å²) >= 11 is 0. The summed E-state index contributed by atoms with van der Waals surface area (Å²) in [5.74, 6) is -0.364. The van der Waals surface area contributed by atoms with Crippen molar-refractivity contribution < 1.29 is 13.2 Å². The average molecular weight is 363 g/mol. The van der Waals surface area contributed by atoms with Crippen LogP contribution in [0.4, 0.5) is 11.4 Å². The van der Waals surface area contributed by atoms with Crippen molar-refractivity contribution in [1.82, 2.24) is 4.72 Å². The van der Waals surface area contributed by atoms with Crippen molar-refractivity contribution in [3.05, 3.63) is 30.9 Å². The molecule has 136 valence electrons. The zero-order valence-electron chi connectivity index (χ0n) is 14.3. The van der Waals surface area contributed by atoms with E-state index < -0.39 is 10.0 Å². The molecule has 0 unspecified atom stereocenters. The Morgan fingerprint density at radius 3 is 2.40 bits per heavy atom. The van der Waals surface area contributed by atoms with E-state index in [1.807, 2.05) is 0 Å². The first-order chi connectivity index (χ1) is 12.0. The predicted molar refractivity (Wildman–Crippen MR) is 99.1 cm³/mol. The highest BCUT2D eigenvalue weighted by Gasteiger charge is 2.28. The van der Waals surface area contributed by atoms with Gasteiger partial charge in [0.05, 0.1) is 16.3 Å². The standard InChI is InChI=1S/C18H25N3O3S/c1-2-18(22)20-17-12-15(25(23,24)21-14-8-9-14)10-11-16(17)19-13-6-4-3-5-7-13/h2,10-14,19,21H,1,3-9H2,(H,20,22). The summed E-state index contributed by atoms with van der Waals surface area (Å²) < 4.78 is 27.5. The summed E-state index contributed by atoms with van der Waals surface area (Å²) in [5, 5.41) is 6.17. The summed E-state index contributed by atoms with van der Waals surface area (Å²) in [6, 6.07) is 5.21. The van der Waals surface area contributed by atoms with Crippen LogP contribution in [0.5, 0.6) is 0 Å². The largest absolute Gasteiger partial charge is 0.381 e. The molecule has 2 aliphatic carbocycles. The molecule has 0 bridgehead atoms. The third-order valence-corrected chi connectivity index (χ3v) is 6.13. The topological polar surface area (TPSA) is 87.3 Å². The predicted octanol–water partition coefficient (Wildman–Crippen LogP) is 3.00. The fraction of sp³-hybridized carbons (Fsp3) is 0.500. The fourth-order valence-electron chi connectivity index (χ4n) is 3.06. The van der Waals surface area contributed by atoms with Gasteiger partial charge in [-0.25, -0.2) is 13.1 Å². The summed E-state index contributed by atoms with van der Waals surface area (Å²) in [5.41, 5.74) is 1.21. The van der Waals surface area contributed by atoms with Crippen LogP contribution in [0.15, 0.2) is 35.7 Å². The van der Waals surface area contributed by atoms with Gasteiger partial charge in [-0.05, 0) is 50.0 Å². The summed E-state index contributed by atoms with van der Waals surface area (Å²) in [4.78, 5) is 11.9. The molecule has 0 saturated heterocycles. The van der Waals surface area contributed by atoms with Crippen molar-refractivity contribution in [2.24, 2.45) is 0 Å². The number of rotatable bonds is 7. The molecular weight excluding hydrogens is 338 g/mol. The van der Waals surface area contributed by atoms with Crippen LogP contribution >= 0.6 is 0 Å². The highest BCUT2D eigenvalue weighted by molar-refractivity contribution is 7.89. The Morgan fingerprint density at radius 1 is 1.04 bits per heavy atom. The average Bonchev–Trinajstić information content (AvgIpc) is 3.40. The number of nitrogens with one attached hydrogen (secondary N) is 3. The van der Waals surface area contributed by atoms with Gasteiger partial charge in [0.2, 0.25) is 15.9 Å². The van der Waals surface area contributed by atoms with Crippen LogP contribution in [0.1, 0.15) is 44.9 Å². The van der Waals surface area contributed by atoms with Crippen LogP contribution in [-0.2, 0) is 14.8 Å². The van der Waals surface area contributed by atoms with Gasteiger partial charge in [-0.2, -0.15) is 0 Å². The molecule has 0 heterocycles. The van der Waals surface area contributed by atoms with Crippen LogP contribution in [0.2, 0.25) is 0 Å². The van der Waals surface area contributed by atoms with Crippen LogP contribution in [0.3, 0.4) is 0 Å². The third kappa shape index (κ3) is 4.83. The Balaban J connectivity index is 1.85. The van der Waals surface area contributed by atoms with E-state index in [-0.39, 0.29) is 16.8 Å². The molecule has 6 nitrogen and oxygen atoms in total. The van der Waals surface area contributed by atoms with Gasteiger partial charge in [0, 0.05) is 12.1 Å². The maximum Gasteiger partial charge on any atom is 0.247 e. The number of carbonyl (C=O) groups excluding carboxylic acids is 1. The van der Waals surface area contributed by atoms with Gasteiger partial charge < -0.3 is 10.6 Å². The fourth-order valence-corrected chi connectivity index (χ4v) is 4.39. The number of benzene rings is 1. The Hall–Kier alpha value is -1.86. The van der Waals surface area contributed by atoms with Crippen molar-refractivity contribution in [1.29, 1.82) is 0 Å². The molecule has 0 aromatic heterocycles. The molecule has 0 radical (unpaired) electrons. The molecule has 0 spiro atoms. The molecular formula is C18H25N3O3S. The molecule has 2 aliphatic rings. The van der Waals surface area contributed by atoms with Gasteiger partial charge in [0.1, 0.15) is 0 Å². The molecule has 0 aliphatic heterocycles. The number of anilines is 2. The second-order valence-corrected chi connectivity index (χ2v) is 8.49.